The maximum Gasteiger partial charge on any atom is 0.305 e. The predicted octanol–water partition coefficient (Wildman–Crippen LogP) is 5.50. The third kappa shape index (κ3) is 15.4. The minimum atomic E-state index is -0.00890. The summed E-state index contributed by atoms with van der Waals surface area (Å²) in [5, 5.41) is 0. The van der Waals surface area contributed by atoms with Crippen LogP contribution in [0.15, 0.2) is 0 Å². The Morgan fingerprint density at radius 3 is 2.05 bits per heavy atom. The molecular weight excluding hydrogens is 236 g/mol. The van der Waals surface area contributed by atoms with Crippen LogP contribution >= 0.6 is 0 Å². The highest BCUT2D eigenvalue weighted by atomic mass is 16.5. The smallest absolute Gasteiger partial charge is 0.305 e. The van der Waals surface area contributed by atoms with Gasteiger partial charge in [-0.2, -0.15) is 0 Å². The number of hydrogen-bond donors (Lipinski definition) is 0. The number of hydrogen-bond acceptors (Lipinski definition) is 2. The van der Waals surface area contributed by atoms with Gasteiger partial charge in [0.2, 0.25) is 0 Å². The van der Waals surface area contributed by atoms with E-state index in [2.05, 4.69) is 20.8 Å². The van der Waals surface area contributed by atoms with Crippen LogP contribution in [0.1, 0.15) is 91.4 Å². The van der Waals surface area contributed by atoms with Crippen LogP contribution in [0.25, 0.3) is 0 Å². The molecular formula is C17H34O2. The molecule has 2 heteroatoms. The first-order valence-corrected chi connectivity index (χ1v) is 8.32. The molecule has 0 unspecified atom stereocenters. The molecule has 0 fully saturated rings. The molecule has 114 valence electrons. The van der Waals surface area contributed by atoms with E-state index in [1.165, 1.54) is 44.9 Å². The van der Waals surface area contributed by atoms with Crippen molar-refractivity contribution in [2.75, 3.05) is 6.61 Å². The Morgan fingerprint density at radius 1 is 0.895 bits per heavy atom. The SMILES string of the molecule is CCCCOC(=O)CCCCCCCCCC(C)C. The van der Waals surface area contributed by atoms with E-state index in [-0.39, 0.29) is 5.97 Å². The summed E-state index contributed by atoms with van der Waals surface area (Å²) >= 11 is 0. The molecule has 0 radical (unpaired) electrons. The van der Waals surface area contributed by atoms with Gasteiger partial charge in [0.1, 0.15) is 0 Å². The molecule has 0 bridgehead atoms. The Kier molecular flexibility index (Phi) is 13.5. The predicted molar refractivity (Wildman–Crippen MR) is 82.3 cm³/mol. The second kappa shape index (κ2) is 13.9. The van der Waals surface area contributed by atoms with Gasteiger partial charge in [0, 0.05) is 6.42 Å². The van der Waals surface area contributed by atoms with Crippen LogP contribution in [0.5, 0.6) is 0 Å². The zero-order valence-corrected chi connectivity index (χ0v) is 13.4. The molecule has 2 nitrogen and oxygen atoms in total. The number of ether oxygens (including phenoxy) is 1. The van der Waals surface area contributed by atoms with E-state index >= 15 is 0 Å². The first-order chi connectivity index (χ1) is 9.16. The second-order valence-corrected chi connectivity index (χ2v) is 5.98. The van der Waals surface area contributed by atoms with Crippen molar-refractivity contribution in [3.63, 3.8) is 0 Å². The Labute approximate surface area is 120 Å². The van der Waals surface area contributed by atoms with Gasteiger partial charge in [-0.25, -0.2) is 0 Å². The van der Waals surface area contributed by atoms with E-state index in [0.29, 0.717) is 13.0 Å². The first-order valence-electron chi connectivity index (χ1n) is 8.32. The van der Waals surface area contributed by atoms with E-state index in [1.807, 2.05) is 0 Å². The van der Waals surface area contributed by atoms with E-state index in [4.69, 9.17) is 4.74 Å². The summed E-state index contributed by atoms with van der Waals surface area (Å²) in [5.74, 6) is 0.837. The zero-order valence-electron chi connectivity index (χ0n) is 13.4. The maximum atomic E-state index is 11.3. The summed E-state index contributed by atoms with van der Waals surface area (Å²) in [6, 6.07) is 0. The summed E-state index contributed by atoms with van der Waals surface area (Å²) in [6.45, 7) is 7.29. The number of unbranched alkanes of at least 4 members (excludes halogenated alkanes) is 7. The number of esters is 1. The molecule has 0 aromatic carbocycles. The van der Waals surface area contributed by atoms with E-state index in [1.54, 1.807) is 0 Å². The third-order valence-corrected chi connectivity index (χ3v) is 3.42. The molecule has 0 aliphatic heterocycles. The highest BCUT2D eigenvalue weighted by Crippen LogP contribution is 2.12. The van der Waals surface area contributed by atoms with Crippen LogP contribution < -0.4 is 0 Å². The van der Waals surface area contributed by atoms with Crippen LogP contribution in [0.3, 0.4) is 0 Å². The summed E-state index contributed by atoms with van der Waals surface area (Å²) in [5.41, 5.74) is 0. The lowest BCUT2D eigenvalue weighted by atomic mass is 10.0. The summed E-state index contributed by atoms with van der Waals surface area (Å²) in [6.07, 6.45) is 12.9. The lowest BCUT2D eigenvalue weighted by Crippen LogP contribution is -2.05. The highest BCUT2D eigenvalue weighted by Gasteiger charge is 2.01. The van der Waals surface area contributed by atoms with Gasteiger partial charge >= 0.3 is 5.97 Å². The molecule has 0 aromatic rings. The van der Waals surface area contributed by atoms with Crippen molar-refractivity contribution in [2.24, 2.45) is 5.92 Å². The van der Waals surface area contributed by atoms with Gasteiger partial charge < -0.3 is 4.74 Å². The van der Waals surface area contributed by atoms with Crippen molar-refractivity contribution in [1.82, 2.24) is 0 Å². The van der Waals surface area contributed by atoms with Crippen molar-refractivity contribution >= 4 is 5.97 Å². The average Bonchev–Trinajstić information content (AvgIpc) is 2.36. The van der Waals surface area contributed by atoms with Gasteiger partial charge in [0.05, 0.1) is 6.61 Å². The molecule has 0 aliphatic carbocycles. The molecule has 19 heavy (non-hydrogen) atoms. The monoisotopic (exact) mass is 270 g/mol. The van der Waals surface area contributed by atoms with Gasteiger partial charge in [-0.3, -0.25) is 4.79 Å². The number of carbonyl (C=O) groups is 1. The fourth-order valence-corrected chi connectivity index (χ4v) is 2.11. The molecule has 0 saturated carbocycles. The summed E-state index contributed by atoms with van der Waals surface area (Å²) in [4.78, 5) is 11.3. The average molecular weight is 270 g/mol. The normalized spacial score (nSPS) is 10.9. The lowest BCUT2D eigenvalue weighted by Gasteiger charge is -2.05. The Bertz CT molecular complexity index is 199. The topological polar surface area (TPSA) is 26.3 Å². The van der Waals surface area contributed by atoms with Crippen molar-refractivity contribution in [3.05, 3.63) is 0 Å². The molecule has 0 rings (SSSR count). The van der Waals surface area contributed by atoms with Crippen molar-refractivity contribution in [1.29, 1.82) is 0 Å². The molecule has 0 aromatic heterocycles. The Hall–Kier alpha value is -0.530. The van der Waals surface area contributed by atoms with Crippen molar-refractivity contribution in [2.45, 2.75) is 91.4 Å². The van der Waals surface area contributed by atoms with Crippen LogP contribution in [-0.2, 0) is 9.53 Å². The van der Waals surface area contributed by atoms with Gasteiger partial charge in [-0.15, -0.1) is 0 Å². The summed E-state index contributed by atoms with van der Waals surface area (Å²) in [7, 11) is 0. The van der Waals surface area contributed by atoms with E-state index < -0.39 is 0 Å². The first kappa shape index (κ1) is 18.5. The van der Waals surface area contributed by atoms with Crippen LogP contribution in [0, 0.1) is 5.92 Å². The zero-order chi connectivity index (χ0) is 14.3. The molecule has 0 saturated heterocycles. The Balaban J connectivity index is 3.11. The molecule has 0 atom stereocenters. The van der Waals surface area contributed by atoms with Gasteiger partial charge in [0.25, 0.3) is 0 Å². The molecule has 0 heterocycles. The quantitative estimate of drug-likeness (QED) is 0.326. The summed E-state index contributed by atoms with van der Waals surface area (Å²) < 4.78 is 5.13. The highest BCUT2D eigenvalue weighted by molar-refractivity contribution is 5.69. The maximum absolute atomic E-state index is 11.3. The molecule has 0 amide bonds. The number of carbonyl (C=O) groups excluding carboxylic acids is 1. The number of rotatable bonds is 13. The fourth-order valence-electron chi connectivity index (χ4n) is 2.11. The fraction of sp³-hybridized carbons (Fsp3) is 0.941. The molecule has 0 N–H and O–H groups in total. The van der Waals surface area contributed by atoms with Gasteiger partial charge in [-0.05, 0) is 18.8 Å². The molecule has 0 aliphatic rings. The molecule has 0 spiro atoms. The second-order valence-electron chi connectivity index (χ2n) is 5.98. The minimum Gasteiger partial charge on any atom is -0.466 e. The van der Waals surface area contributed by atoms with Crippen LogP contribution in [0.4, 0.5) is 0 Å². The van der Waals surface area contributed by atoms with Crippen molar-refractivity contribution in [3.8, 4) is 0 Å². The van der Waals surface area contributed by atoms with E-state index in [9.17, 15) is 4.79 Å². The van der Waals surface area contributed by atoms with Gasteiger partial charge in [0.15, 0.2) is 0 Å². The lowest BCUT2D eigenvalue weighted by molar-refractivity contribution is -0.143. The van der Waals surface area contributed by atoms with Crippen LogP contribution in [0.2, 0.25) is 0 Å². The Morgan fingerprint density at radius 2 is 1.47 bits per heavy atom. The largest absolute Gasteiger partial charge is 0.466 e. The van der Waals surface area contributed by atoms with Crippen LogP contribution in [-0.4, -0.2) is 12.6 Å². The van der Waals surface area contributed by atoms with Crippen molar-refractivity contribution < 1.29 is 9.53 Å². The standard InChI is InChI=1S/C17H34O2/c1-4-5-15-19-17(18)14-12-10-8-6-7-9-11-13-16(2)3/h16H,4-15H2,1-3H3. The minimum absolute atomic E-state index is 0.00890. The van der Waals surface area contributed by atoms with E-state index in [0.717, 1.165) is 25.2 Å². The third-order valence-electron chi connectivity index (χ3n) is 3.42. The van der Waals surface area contributed by atoms with Gasteiger partial charge in [-0.1, -0.05) is 72.1 Å².